The van der Waals surface area contributed by atoms with Gasteiger partial charge >= 0.3 is 0 Å². The molecule has 0 aromatic heterocycles. The van der Waals surface area contributed by atoms with E-state index in [0.29, 0.717) is 0 Å². The molecular formula is C20H25Cl2NO. The summed E-state index contributed by atoms with van der Waals surface area (Å²) in [5.41, 5.74) is 2.64. The Bertz CT molecular complexity index is 645. The maximum absolute atomic E-state index is 6.13. The van der Waals surface area contributed by atoms with Crippen LogP contribution in [0, 0.1) is 0 Å². The molecular weight excluding hydrogens is 341 g/mol. The van der Waals surface area contributed by atoms with Crippen LogP contribution in [0.1, 0.15) is 31.1 Å². The molecule has 1 fully saturated rings. The molecule has 1 aliphatic heterocycles. The Balaban J connectivity index is 0.00000208. The van der Waals surface area contributed by atoms with Crippen LogP contribution in [0.4, 0.5) is 0 Å². The van der Waals surface area contributed by atoms with Crippen LogP contribution in [0.15, 0.2) is 54.6 Å². The summed E-state index contributed by atoms with van der Waals surface area (Å²) in [6, 6.07) is 18.7. The van der Waals surface area contributed by atoms with E-state index in [0.717, 1.165) is 36.7 Å². The third kappa shape index (κ3) is 4.73. The summed E-state index contributed by atoms with van der Waals surface area (Å²) in [5, 5.41) is 0.770. The van der Waals surface area contributed by atoms with Gasteiger partial charge in [-0.05, 0) is 43.5 Å². The number of nitrogens with zero attached hydrogens (tertiary/aromatic N) is 1. The summed E-state index contributed by atoms with van der Waals surface area (Å²) >= 11 is 6.13. The second-order valence-electron chi connectivity index (χ2n) is 6.84. The van der Waals surface area contributed by atoms with Crippen LogP contribution >= 0.6 is 24.0 Å². The smallest absolute Gasteiger partial charge is 0.0953 e. The molecule has 0 spiro atoms. The van der Waals surface area contributed by atoms with E-state index in [1.54, 1.807) is 0 Å². The molecule has 0 radical (unpaired) electrons. The molecule has 2 nitrogen and oxygen atoms in total. The standard InChI is InChI=1S/C20H24ClNO.ClH/c1-20(2,14-16-7-4-3-5-8-16)22-11-12-23-19(15-22)17-9-6-10-18(21)13-17;/h3-10,13,19H,11-12,14-15H2,1-2H3;1H. The van der Waals surface area contributed by atoms with Crippen molar-refractivity contribution in [3.8, 4) is 0 Å². The first-order valence-corrected chi connectivity index (χ1v) is 8.58. The summed E-state index contributed by atoms with van der Waals surface area (Å²) < 4.78 is 5.99. The molecule has 2 aromatic rings. The van der Waals surface area contributed by atoms with Crippen LogP contribution in [0.3, 0.4) is 0 Å². The molecule has 130 valence electrons. The van der Waals surface area contributed by atoms with E-state index in [2.05, 4.69) is 55.1 Å². The van der Waals surface area contributed by atoms with Gasteiger partial charge < -0.3 is 4.74 Å². The van der Waals surface area contributed by atoms with Crippen molar-refractivity contribution in [3.63, 3.8) is 0 Å². The number of halogens is 2. The molecule has 2 aromatic carbocycles. The first kappa shape index (κ1) is 19.3. The van der Waals surface area contributed by atoms with Crippen LogP contribution in [-0.2, 0) is 11.2 Å². The van der Waals surface area contributed by atoms with E-state index >= 15 is 0 Å². The summed E-state index contributed by atoms with van der Waals surface area (Å²) in [6.07, 6.45) is 1.13. The van der Waals surface area contributed by atoms with Crippen molar-refractivity contribution in [2.24, 2.45) is 0 Å². The van der Waals surface area contributed by atoms with E-state index in [-0.39, 0.29) is 24.0 Å². The van der Waals surface area contributed by atoms with Gasteiger partial charge in [0.2, 0.25) is 0 Å². The van der Waals surface area contributed by atoms with Crippen molar-refractivity contribution in [2.45, 2.75) is 31.9 Å². The van der Waals surface area contributed by atoms with Gasteiger partial charge in [0, 0.05) is 23.7 Å². The zero-order valence-electron chi connectivity index (χ0n) is 14.2. The SMILES string of the molecule is CC(C)(Cc1ccccc1)N1CCOC(c2cccc(Cl)c2)C1.Cl. The number of hydrogen-bond acceptors (Lipinski definition) is 2. The Morgan fingerprint density at radius 1 is 1.12 bits per heavy atom. The van der Waals surface area contributed by atoms with Crippen LogP contribution in [0.2, 0.25) is 5.02 Å². The summed E-state index contributed by atoms with van der Waals surface area (Å²) in [4.78, 5) is 2.54. The lowest BCUT2D eigenvalue weighted by molar-refractivity contribution is -0.0636. The first-order valence-electron chi connectivity index (χ1n) is 8.21. The number of hydrogen-bond donors (Lipinski definition) is 0. The summed E-state index contributed by atoms with van der Waals surface area (Å²) in [6.45, 7) is 7.27. The minimum atomic E-state index is 0. The zero-order valence-corrected chi connectivity index (χ0v) is 15.8. The molecule has 1 saturated heterocycles. The largest absolute Gasteiger partial charge is 0.371 e. The molecule has 1 unspecified atom stereocenters. The highest BCUT2D eigenvalue weighted by atomic mass is 35.5. The first-order chi connectivity index (χ1) is 11.0. The molecule has 1 atom stereocenters. The molecule has 0 N–H and O–H groups in total. The Morgan fingerprint density at radius 3 is 2.58 bits per heavy atom. The number of ether oxygens (including phenoxy) is 1. The molecule has 24 heavy (non-hydrogen) atoms. The molecule has 0 amide bonds. The number of benzene rings is 2. The van der Waals surface area contributed by atoms with Crippen molar-refractivity contribution in [1.82, 2.24) is 4.90 Å². The molecule has 1 heterocycles. The van der Waals surface area contributed by atoms with Crippen molar-refractivity contribution >= 4 is 24.0 Å². The number of rotatable bonds is 4. The highest BCUT2D eigenvalue weighted by Gasteiger charge is 2.32. The third-order valence-corrected chi connectivity index (χ3v) is 4.86. The van der Waals surface area contributed by atoms with Crippen LogP contribution in [-0.4, -0.2) is 30.1 Å². The van der Waals surface area contributed by atoms with E-state index in [1.165, 1.54) is 5.56 Å². The lowest BCUT2D eigenvalue weighted by Crippen LogP contribution is -2.51. The minimum absolute atomic E-state index is 0. The summed E-state index contributed by atoms with van der Waals surface area (Å²) in [5.74, 6) is 0. The van der Waals surface area contributed by atoms with E-state index in [1.807, 2.05) is 18.2 Å². The van der Waals surface area contributed by atoms with Gasteiger partial charge in [-0.2, -0.15) is 0 Å². The van der Waals surface area contributed by atoms with Gasteiger partial charge in [-0.15, -0.1) is 12.4 Å². The molecule has 4 heteroatoms. The quantitative estimate of drug-likeness (QED) is 0.741. The fourth-order valence-electron chi connectivity index (χ4n) is 3.31. The van der Waals surface area contributed by atoms with Gasteiger partial charge in [-0.1, -0.05) is 54.1 Å². The van der Waals surface area contributed by atoms with Gasteiger partial charge in [-0.3, -0.25) is 4.90 Å². The van der Waals surface area contributed by atoms with Gasteiger partial charge in [-0.25, -0.2) is 0 Å². The van der Waals surface area contributed by atoms with Crippen LogP contribution < -0.4 is 0 Å². The second kappa shape index (κ2) is 8.35. The van der Waals surface area contributed by atoms with Crippen molar-refractivity contribution < 1.29 is 4.74 Å². The average Bonchev–Trinajstić information content (AvgIpc) is 2.55. The molecule has 0 bridgehead atoms. The predicted molar refractivity (Wildman–Crippen MR) is 103 cm³/mol. The lowest BCUT2D eigenvalue weighted by atomic mass is 9.91. The average molecular weight is 366 g/mol. The Labute approximate surface area is 156 Å². The monoisotopic (exact) mass is 365 g/mol. The summed E-state index contributed by atoms with van der Waals surface area (Å²) in [7, 11) is 0. The van der Waals surface area contributed by atoms with Gasteiger partial charge in [0.15, 0.2) is 0 Å². The molecule has 1 aliphatic rings. The van der Waals surface area contributed by atoms with Gasteiger partial charge in [0.05, 0.1) is 12.7 Å². The normalized spacial score (nSPS) is 18.9. The molecule has 3 rings (SSSR count). The van der Waals surface area contributed by atoms with Gasteiger partial charge in [0.25, 0.3) is 0 Å². The van der Waals surface area contributed by atoms with E-state index in [9.17, 15) is 0 Å². The molecule has 0 aliphatic carbocycles. The Hall–Kier alpha value is -1.06. The van der Waals surface area contributed by atoms with Crippen LogP contribution in [0.5, 0.6) is 0 Å². The highest BCUT2D eigenvalue weighted by molar-refractivity contribution is 6.30. The zero-order chi connectivity index (χ0) is 16.3. The maximum atomic E-state index is 6.13. The van der Waals surface area contributed by atoms with Crippen molar-refractivity contribution in [1.29, 1.82) is 0 Å². The predicted octanol–water partition coefficient (Wildman–Crippen LogP) is 5.16. The Morgan fingerprint density at radius 2 is 1.88 bits per heavy atom. The Kier molecular flexibility index (Phi) is 6.70. The third-order valence-electron chi connectivity index (χ3n) is 4.62. The second-order valence-corrected chi connectivity index (χ2v) is 7.27. The highest BCUT2D eigenvalue weighted by Crippen LogP contribution is 2.29. The van der Waals surface area contributed by atoms with Gasteiger partial charge in [0.1, 0.15) is 0 Å². The fourth-order valence-corrected chi connectivity index (χ4v) is 3.51. The van der Waals surface area contributed by atoms with Crippen molar-refractivity contribution in [3.05, 3.63) is 70.7 Å². The lowest BCUT2D eigenvalue weighted by Gasteiger charge is -2.44. The molecule has 0 saturated carbocycles. The van der Waals surface area contributed by atoms with Crippen molar-refractivity contribution in [2.75, 3.05) is 19.7 Å². The van der Waals surface area contributed by atoms with E-state index < -0.39 is 0 Å². The fraction of sp³-hybridized carbons (Fsp3) is 0.400. The van der Waals surface area contributed by atoms with E-state index in [4.69, 9.17) is 16.3 Å². The number of morpholine rings is 1. The topological polar surface area (TPSA) is 12.5 Å². The van der Waals surface area contributed by atoms with Crippen LogP contribution in [0.25, 0.3) is 0 Å². The minimum Gasteiger partial charge on any atom is -0.371 e. The maximum Gasteiger partial charge on any atom is 0.0953 e.